The van der Waals surface area contributed by atoms with Gasteiger partial charge < -0.3 is 5.73 Å². The van der Waals surface area contributed by atoms with Crippen LogP contribution in [0.2, 0.25) is 0 Å². The van der Waals surface area contributed by atoms with Crippen molar-refractivity contribution in [1.29, 1.82) is 0 Å². The van der Waals surface area contributed by atoms with Gasteiger partial charge in [0.05, 0.1) is 0 Å². The number of benzene rings is 1. The van der Waals surface area contributed by atoms with Crippen LogP contribution in [-0.4, -0.2) is 11.0 Å². The van der Waals surface area contributed by atoms with Gasteiger partial charge in [0, 0.05) is 11.3 Å². The number of nitrogens with two attached hydrogens (primary N) is 1. The highest BCUT2D eigenvalue weighted by molar-refractivity contribution is 8.00. The molecule has 0 spiro atoms. The van der Waals surface area contributed by atoms with E-state index in [2.05, 4.69) is 36.0 Å². The third kappa shape index (κ3) is 2.25. The van der Waals surface area contributed by atoms with E-state index < -0.39 is 0 Å². The highest BCUT2D eigenvalue weighted by atomic mass is 32.2. The lowest BCUT2D eigenvalue weighted by Crippen LogP contribution is -2.24. The summed E-state index contributed by atoms with van der Waals surface area (Å²) in [5.41, 5.74) is 9.46. The Bertz CT molecular complexity index is 380. The average Bonchev–Trinajstić information content (AvgIpc) is 2.80. The molecular weight excluding hydrogens is 226 g/mol. The van der Waals surface area contributed by atoms with Crippen LogP contribution < -0.4 is 5.73 Å². The van der Waals surface area contributed by atoms with Gasteiger partial charge >= 0.3 is 0 Å². The molecule has 0 bridgehead atoms. The van der Waals surface area contributed by atoms with Gasteiger partial charge in [0.25, 0.3) is 0 Å². The standard InChI is InChI=1S/C15H21NS/c16-15(14-9-4-10-17-14)13-8-2-1-7-12(13)11-5-3-6-11/h1-2,7-8,11,14-15H,3-6,9-10,16H2. The van der Waals surface area contributed by atoms with Crippen molar-refractivity contribution in [1.82, 2.24) is 0 Å². The van der Waals surface area contributed by atoms with Gasteiger partial charge in [-0.15, -0.1) is 0 Å². The lowest BCUT2D eigenvalue weighted by molar-refractivity contribution is 0.414. The summed E-state index contributed by atoms with van der Waals surface area (Å²) in [5.74, 6) is 2.09. The van der Waals surface area contributed by atoms with Crippen molar-refractivity contribution in [2.45, 2.75) is 49.3 Å². The fraction of sp³-hybridized carbons (Fsp3) is 0.600. The first-order valence-electron chi connectivity index (χ1n) is 6.82. The van der Waals surface area contributed by atoms with Crippen molar-refractivity contribution in [3.8, 4) is 0 Å². The summed E-state index contributed by atoms with van der Waals surface area (Å²) in [4.78, 5) is 0. The van der Waals surface area contributed by atoms with Crippen molar-refractivity contribution in [3.63, 3.8) is 0 Å². The summed E-state index contributed by atoms with van der Waals surface area (Å²) in [7, 11) is 0. The number of hydrogen-bond donors (Lipinski definition) is 1. The lowest BCUT2D eigenvalue weighted by atomic mass is 9.77. The summed E-state index contributed by atoms with van der Waals surface area (Å²) >= 11 is 2.07. The first kappa shape index (κ1) is 11.6. The van der Waals surface area contributed by atoms with Crippen LogP contribution in [0.1, 0.15) is 55.2 Å². The van der Waals surface area contributed by atoms with Crippen LogP contribution in [0.5, 0.6) is 0 Å². The molecule has 1 heterocycles. The van der Waals surface area contributed by atoms with Crippen LogP contribution in [0.25, 0.3) is 0 Å². The molecule has 2 N–H and O–H groups in total. The normalized spacial score (nSPS) is 26.8. The molecule has 1 aliphatic heterocycles. The average molecular weight is 247 g/mol. The molecule has 2 atom stereocenters. The van der Waals surface area contributed by atoms with E-state index in [4.69, 9.17) is 5.73 Å². The van der Waals surface area contributed by atoms with Crippen LogP contribution in [0.15, 0.2) is 24.3 Å². The van der Waals surface area contributed by atoms with Crippen molar-refractivity contribution in [3.05, 3.63) is 35.4 Å². The summed E-state index contributed by atoms with van der Waals surface area (Å²) in [5, 5.41) is 0.649. The Labute approximate surface area is 108 Å². The quantitative estimate of drug-likeness (QED) is 0.878. The van der Waals surface area contributed by atoms with Crippen molar-refractivity contribution in [2.75, 3.05) is 5.75 Å². The van der Waals surface area contributed by atoms with Gasteiger partial charge in [-0.25, -0.2) is 0 Å². The second-order valence-electron chi connectivity index (χ2n) is 5.33. The molecule has 2 unspecified atom stereocenters. The molecule has 1 saturated heterocycles. The third-order valence-electron chi connectivity index (χ3n) is 4.27. The molecule has 1 saturated carbocycles. The van der Waals surface area contributed by atoms with Crippen LogP contribution in [0.4, 0.5) is 0 Å². The third-order valence-corrected chi connectivity index (χ3v) is 5.75. The predicted octanol–water partition coefficient (Wildman–Crippen LogP) is 3.85. The van der Waals surface area contributed by atoms with Crippen LogP contribution in [0.3, 0.4) is 0 Å². The minimum absolute atomic E-state index is 0.249. The van der Waals surface area contributed by atoms with Gasteiger partial charge in [0.2, 0.25) is 0 Å². The number of rotatable bonds is 3. The van der Waals surface area contributed by atoms with Crippen molar-refractivity contribution in [2.24, 2.45) is 5.73 Å². The maximum Gasteiger partial charge on any atom is 0.0418 e. The van der Waals surface area contributed by atoms with E-state index in [9.17, 15) is 0 Å². The SMILES string of the molecule is NC(c1ccccc1C1CCC1)C1CCCS1. The maximum absolute atomic E-state index is 6.50. The second kappa shape index (κ2) is 5.03. The fourth-order valence-corrected chi connectivity index (χ4v) is 4.31. The van der Waals surface area contributed by atoms with E-state index >= 15 is 0 Å². The molecule has 1 aliphatic carbocycles. The van der Waals surface area contributed by atoms with Gasteiger partial charge in [-0.2, -0.15) is 11.8 Å². The molecule has 2 fully saturated rings. The summed E-state index contributed by atoms with van der Waals surface area (Å²) in [6.07, 6.45) is 6.76. The monoisotopic (exact) mass is 247 g/mol. The van der Waals surface area contributed by atoms with E-state index in [1.54, 1.807) is 5.56 Å². The fourth-order valence-electron chi connectivity index (χ4n) is 2.99. The molecular formula is C15H21NS. The first-order chi connectivity index (χ1) is 8.36. The zero-order valence-corrected chi connectivity index (χ0v) is 11.1. The molecule has 2 heteroatoms. The van der Waals surface area contributed by atoms with Gasteiger partial charge in [-0.05, 0) is 48.5 Å². The zero-order chi connectivity index (χ0) is 11.7. The van der Waals surface area contributed by atoms with Crippen LogP contribution in [-0.2, 0) is 0 Å². The van der Waals surface area contributed by atoms with E-state index in [-0.39, 0.29) is 6.04 Å². The summed E-state index contributed by atoms with van der Waals surface area (Å²) in [6.45, 7) is 0. The molecule has 3 rings (SSSR count). The smallest absolute Gasteiger partial charge is 0.0418 e. The highest BCUT2D eigenvalue weighted by Crippen LogP contribution is 2.42. The van der Waals surface area contributed by atoms with Gasteiger partial charge in [-0.1, -0.05) is 30.7 Å². The molecule has 17 heavy (non-hydrogen) atoms. The number of thioether (sulfide) groups is 1. The molecule has 2 aliphatic rings. The van der Waals surface area contributed by atoms with E-state index in [0.717, 1.165) is 5.92 Å². The molecule has 1 nitrogen and oxygen atoms in total. The Balaban J connectivity index is 1.84. The molecule has 0 radical (unpaired) electrons. The molecule has 0 amide bonds. The molecule has 1 aromatic rings. The molecule has 92 valence electrons. The minimum Gasteiger partial charge on any atom is -0.323 e. The van der Waals surface area contributed by atoms with Crippen LogP contribution >= 0.6 is 11.8 Å². The van der Waals surface area contributed by atoms with Crippen molar-refractivity contribution < 1.29 is 0 Å². The van der Waals surface area contributed by atoms with E-state index in [0.29, 0.717) is 5.25 Å². The lowest BCUT2D eigenvalue weighted by Gasteiger charge is -2.30. The topological polar surface area (TPSA) is 26.0 Å². The predicted molar refractivity (Wildman–Crippen MR) is 75.4 cm³/mol. The Morgan fingerprint density at radius 2 is 1.94 bits per heavy atom. The minimum atomic E-state index is 0.249. The van der Waals surface area contributed by atoms with Gasteiger partial charge in [0.1, 0.15) is 0 Å². The van der Waals surface area contributed by atoms with Crippen molar-refractivity contribution >= 4 is 11.8 Å². The van der Waals surface area contributed by atoms with Gasteiger partial charge in [0.15, 0.2) is 0 Å². The second-order valence-corrected chi connectivity index (χ2v) is 6.68. The Hall–Kier alpha value is -0.470. The van der Waals surface area contributed by atoms with E-state index in [1.165, 1.54) is 43.4 Å². The van der Waals surface area contributed by atoms with Crippen LogP contribution in [0, 0.1) is 0 Å². The maximum atomic E-state index is 6.50. The highest BCUT2D eigenvalue weighted by Gasteiger charge is 2.28. The number of hydrogen-bond acceptors (Lipinski definition) is 2. The first-order valence-corrected chi connectivity index (χ1v) is 7.87. The Morgan fingerprint density at radius 1 is 1.12 bits per heavy atom. The summed E-state index contributed by atoms with van der Waals surface area (Å²) < 4.78 is 0. The zero-order valence-electron chi connectivity index (χ0n) is 10.3. The summed E-state index contributed by atoms with van der Waals surface area (Å²) in [6, 6.07) is 9.14. The molecule has 1 aromatic carbocycles. The Kier molecular flexibility index (Phi) is 3.44. The Morgan fingerprint density at radius 3 is 2.59 bits per heavy atom. The van der Waals surface area contributed by atoms with Gasteiger partial charge in [-0.3, -0.25) is 0 Å². The molecule has 0 aromatic heterocycles. The largest absolute Gasteiger partial charge is 0.323 e. The van der Waals surface area contributed by atoms with E-state index in [1.807, 2.05) is 0 Å².